The Morgan fingerprint density at radius 3 is 1.45 bits per heavy atom. The van der Waals surface area contributed by atoms with Gasteiger partial charge in [-0.15, -0.1) is 0 Å². The van der Waals surface area contributed by atoms with Crippen LogP contribution in [-0.2, 0) is 0 Å². The Labute approximate surface area is 384 Å². The van der Waals surface area contributed by atoms with Gasteiger partial charge < -0.3 is 9.32 Å². The van der Waals surface area contributed by atoms with Crippen LogP contribution in [0, 0.1) is 0 Å². The Balaban J connectivity index is 1.04. The largest absolute Gasteiger partial charge is 0.455 e. The summed E-state index contributed by atoms with van der Waals surface area (Å²) >= 11 is 0. The summed E-state index contributed by atoms with van der Waals surface area (Å²) in [6.45, 7) is 0. The molecule has 0 amide bonds. The van der Waals surface area contributed by atoms with Gasteiger partial charge in [-0.2, -0.15) is 0 Å². The number of furan rings is 1. The van der Waals surface area contributed by atoms with E-state index in [2.05, 4.69) is 254 Å². The highest BCUT2D eigenvalue weighted by Gasteiger charge is 2.21. The third-order valence-electron chi connectivity index (χ3n) is 12.9. The second-order valence-corrected chi connectivity index (χ2v) is 16.8. The molecule has 0 aliphatic rings. The van der Waals surface area contributed by atoms with Gasteiger partial charge in [0.15, 0.2) is 0 Å². The van der Waals surface area contributed by atoms with E-state index in [1.54, 1.807) is 0 Å². The van der Waals surface area contributed by atoms with Gasteiger partial charge in [0.25, 0.3) is 0 Å². The molecule has 310 valence electrons. The highest BCUT2D eigenvalue weighted by molar-refractivity contribution is 6.09. The van der Waals surface area contributed by atoms with Crippen molar-refractivity contribution in [2.24, 2.45) is 0 Å². The molecule has 12 rings (SSSR count). The van der Waals surface area contributed by atoms with Crippen molar-refractivity contribution in [3.8, 4) is 66.8 Å². The lowest BCUT2D eigenvalue weighted by Gasteiger charge is -2.27. The summed E-state index contributed by atoms with van der Waals surface area (Å²) in [4.78, 5) is 2.39. The number of anilines is 3. The average Bonchev–Trinajstić information content (AvgIpc) is 3.78. The van der Waals surface area contributed by atoms with Gasteiger partial charge >= 0.3 is 0 Å². The Morgan fingerprint density at radius 2 is 0.712 bits per heavy atom. The lowest BCUT2D eigenvalue weighted by molar-refractivity contribution is 0.670. The van der Waals surface area contributed by atoms with Crippen molar-refractivity contribution in [1.82, 2.24) is 0 Å². The molecule has 0 saturated heterocycles. The van der Waals surface area contributed by atoms with E-state index in [0.29, 0.717) is 0 Å². The molecule has 0 radical (unpaired) electrons. The molecule has 2 heteroatoms. The molecule has 0 aliphatic carbocycles. The van der Waals surface area contributed by atoms with Crippen LogP contribution >= 0.6 is 0 Å². The third kappa shape index (κ3) is 7.02. The summed E-state index contributed by atoms with van der Waals surface area (Å²) in [7, 11) is 0. The van der Waals surface area contributed by atoms with Crippen molar-refractivity contribution in [1.29, 1.82) is 0 Å². The predicted molar refractivity (Wildman–Crippen MR) is 279 cm³/mol. The SMILES string of the molecule is c1ccc(-c2ccccc2-c2c(-c3ccccc3)cccc2-c2cccc(N(c3ccc(-c4cccc5c4oc4ccccc45)cc3)c3cccc(-c4cccc5ccccc45)c3)c2)cc1. The Morgan fingerprint density at radius 1 is 0.258 bits per heavy atom. The monoisotopic (exact) mass is 841 g/mol. The van der Waals surface area contributed by atoms with Gasteiger partial charge in [0, 0.05) is 33.4 Å². The number of benzene rings is 11. The first-order valence-corrected chi connectivity index (χ1v) is 22.6. The van der Waals surface area contributed by atoms with Crippen LogP contribution in [0.25, 0.3) is 99.5 Å². The normalized spacial score (nSPS) is 11.3. The molecule has 0 saturated carbocycles. The number of rotatable bonds is 9. The quantitative estimate of drug-likeness (QED) is 0.144. The summed E-state index contributed by atoms with van der Waals surface area (Å²) in [5, 5.41) is 4.71. The fraction of sp³-hybridized carbons (Fsp3) is 0. The maximum absolute atomic E-state index is 6.50. The van der Waals surface area contributed by atoms with E-state index in [1.165, 1.54) is 55.3 Å². The minimum Gasteiger partial charge on any atom is -0.455 e. The molecule has 0 atom stereocenters. The van der Waals surface area contributed by atoms with Crippen LogP contribution in [-0.4, -0.2) is 0 Å². The molecule has 12 aromatic rings. The zero-order valence-electron chi connectivity index (χ0n) is 36.2. The van der Waals surface area contributed by atoms with Gasteiger partial charge in [0.1, 0.15) is 11.2 Å². The average molecular weight is 842 g/mol. The number of para-hydroxylation sites is 2. The molecule has 0 spiro atoms. The molecular weight excluding hydrogens is 799 g/mol. The van der Waals surface area contributed by atoms with Crippen LogP contribution < -0.4 is 4.90 Å². The van der Waals surface area contributed by atoms with Gasteiger partial charge in [-0.1, -0.05) is 218 Å². The molecule has 0 bridgehead atoms. The molecule has 11 aromatic carbocycles. The van der Waals surface area contributed by atoms with Crippen LogP contribution in [0.4, 0.5) is 17.1 Å². The van der Waals surface area contributed by atoms with Crippen LogP contribution in [0.5, 0.6) is 0 Å². The second kappa shape index (κ2) is 16.8. The maximum Gasteiger partial charge on any atom is 0.143 e. The second-order valence-electron chi connectivity index (χ2n) is 16.8. The first kappa shape index (κ1) is 38.9. The zero-order chi connectivity index (χ0) is 43.8. The van der Waals surface area contributed by atoms with E-state index in [0.717, 1.165) is 61.3 Å². The first-order chi connectivity index (χ1) is 32.7. The molecular formula is C64H43NO. The molecule has 2 nitrogen and oxygen atoms in total. The van der Waals surface area contributed by atoms with E-state index in [9.17, 15) is 0 Å². The molecule has 1 heterocycles. The van der Waals surface area contributed by atoms with Crippen LogP contribution in [0.1, 0.15) is 0 Å². The summed E-state index contributed by atoms with van der Waals surface area (Å²) in [5.74, 6) is 0. The molecule has 0 aliphatic heterocycles. The summed E-state index contributed by atoms with van der Waals surface area (Å²) in [6, 6.07) is 93.9. The maximum atomic E-state index is 6.50. The smallest absolute Gasteiger partial charge is 0.143 e. The van der Waals surface area contributed by atoms with E-state index in [-0.39, 0.29) is 0 Å². The molecule has 0 fully saturated rings. The van der Waals surface area contributed by atoms with E-state index in [4.69, 9.17) is 4.42 Å². The van der Waals surface area contributed by atoms with E-state index in [1.807, 2.05) is 12.1 Å². The minimum atomic E-state index is 0.898. The highest BCUT2D eigenvalue weighted by Crippen LogP contribution is 2.46. The fourth-order valence-electron chi connectivity index (χ4n) is 9.83. The molecule has 0 unspecified atom stereocenters. The van der Waals surface area contributed by atoms with Crippen molar-refractivity contribution in [2.75, 3.05) is 4.90 Å². The number of hydrogen-bond donors (Lipinski definition) is 0. The van der Waals surface area contributed by atoms with Crippen molar-refractivity contribution >= 4 is 49.8 Å². The van der Waals surface area contributed by atoms with Gasteiger partial charge in [-0.3, -0.25) is 0 Å². The summed E-state index contributed by atoms with van der Waals surface area (Å²) in [5.41, 5.74) is 19.0. The van der Waals surface area contributed by atoms with Crippen molar-refractivity contribution in [3.05, 3.63) is 261 Å². The summed E-state index contributed by atoms with van der Waals surface area (Å²) < 4.78 is 6.50. The lowest BCUT2D eigenvalue weighted by Crippen LogP contribution is -2.10. The summed E-state index contributed by atoms with van der Waals surface area (Å²) in [6.07, 6.45) is 0. The Kier molecular flexibility index (Phi) is 9.89. The van der Waals surface area contributed by atoms with Gasteiger partial charge in [0.2, 0.25) is 0 Å². The van der Waals surface area contributed by atoms with Crippen LogP contribution in [0.2, 0.25) is 0 Å². The minimum absolute atomic E-state index is 0.898. The van der Waals surface area contributed by atoms with Crippen molar-refractivity contribution in [3.63, 3.8) is 0 Å². The third-order valence-corrected chi connectivity index (χ3v) is 12.9. The van der Waals surface area contributed by atoms with Gasteiger partial charge in [-0.05, 0) is 114 Å². The zero-order valence-corrected chi connectivity index (χ0v) is 36.2. The lowest BCUT2D eigenvalue weighted by atomic mass is 9.84. The molecule has 66 heavy (non-hydrogen) atoms. The molecule has 1 aromatic heterocycles. The van der Waals surface area contributed by atoms with E-state index < -0.39 is 0 Å². The first-order valence-electron chi connectivity index (χ1n) is 22.6. The number of nitrogens with zero attached hydrogens (tertiary/aromatic N) is 1. The molecule has 0 N–H and O–H groups in total. The number of fused-ring (bicyclic) bond motifs is 4. The van der Waals surface area contributed by atoms with Crippen LogP contribution in [0.3, 0.4) is 0 Å². The fourth-order valence-corrected chi connectivity index (χ4v) is 9.83. The number of hydrogen-bond acceptors (Lipinski definition) is 2. The van der Waals surface area contributed by atoms with Crippen LogP contribution in [0.15, 0.2) is 265 Å². The van der Waals surface area contributed by atoms with Gasteiger partial charge in [-0.25, -0.2) is 0 Å². The van der Waals surface area contributed by atoms with E-state index >= 15 is 0 Å². The standard InChI is InChI=1S/C64H43NO/c1-3-18-44(19-4-1)54-29-9-10-31-60(54)63-56(46-20-5-2-6-21-46)33-16-34-57(63)49-25-14-27-52(43-49)65(51-26-13-24-48(42-51)55-32-15-23-45-22-7-8-28-53(45)55)50-40-38-47(39-41-50)58-35-17-36-61-59-30-11-12-37-62(59)66-64(58)61/h1-43H. The highest BCUT2D eigenvalue weighted by atomic mass is 16.3. The van der Waals surface area contributed by atoms with Crippen molar-refractivity contribution < 1.29 is 4.42 Å². The Hall–Kier alpha value is -8.72. The predicted octanol–water partition coefficient (Wildman–Crippen LogP) is 18.2. The topological polar surface area (TPSA) is 16.4 Å². The van der Waals surface area contributed by atoms with Gasteiger partial charge in [0.05, 0.1) is 0 Å². The Bertz CT molecular complexity index is 3690. The van der Waals surface area contributed by atoms with Crippen molar-refractivity contribution in [2.45, 2.75) is 0 Å².